The average molecular weight is 326 g/mol. The number of methoxy groups -OCH3 is 3. The number of nitrogens with one attached hydrogen (secondary N) is 1. The van der Waals surface area contributed by atoms with Crippen molar-refractivity contribution in [3.63, 3.8) is 0 Å². The molecule has 0 aliphatic carbocycles. The zero-order chi connectivity index (χ0) is 17.9. The van der Waals surface area contributed by atoms with Crippen LogP contribution in [0.2, 0.25) is 0 Å². The van der Waals surface area contributed by atoms with Crippen LogP contribution < -0.4 is 25.5 Å². The summed E-state index contributed by atoms with van der Waals surface area (Å²) in [6, 6.07) is 6.86. The summed E-state index contributed by atoms with van der Waals surface area (Å²) >= 11 is 0. The van der Waals surface area contributed by atoms with Crippen LogP contribution in [0.15, 0.2) is 16.9 Å². The Bertz CT molecular complexity index is 935. The predicted molar refractivity (Wildman–Crippen MR) is 86.0 cm³/mol. The first-order chi connectivity index (χ1) is 11.5. The first-order valence-corrected chi connectivity index (χ1v) is 6.69. The van der Waals surface area contributed by atoms with Crippen LogP contribution in [0.5, 0.6) is 17.2 Å². The molecule has 2 aromatic rings. The van der Waals surface area contributed by atoms with Gasteiger partial charge in [-0.05, 0) is 12.1 Å². The summed E-state index contributed by atoms with van der Waals surface area (Å²) in [5, 5.41) is 18.7. The van der Waals surface area contributed by atoms with Crippen LogP contribution in [0, 0.1) is 22.7 Å². The standard InChI is InChI=1S/C16H14N4O4/c1-22-11-5-4-8(13(23-2)14(11)24-3)12-9(6-17)15(19)20-16(21)10(12)7-18/h4-5H,1-3H3,(H3,19,20,21). The van der Waals surface area contributed by atoms with Crippen molar-refractivity contribution >= 4 is 5.82 Å². The molecule has 0 saturated carbocycles. The summed E-state index contributed by atoms with van der Waals surface area (Å²) in [5.41, 5.74) is 5.16. The summed E-state index contributed by atoms with van der Waals surface area (Å²) in [4.78, 5) is 14.3. The number of rotatable bonds is 4. The van der Waals surface area contributed by atoms with E-state index in [4.69, 9.17) is 19.9 Å². The summed E-state index contributed by atoms with van der Waals surface area (Å²) in [5.74, 6) is 0.750. The third-order valence-electron chi connectivity index (χ3n) is 3.44. The van der Waals surface area contributed by atoms with Crippen LogP contribution in [0.3, 0.4) is 0 Å². The van der Waals surface area contributed by atoms with Gasteiger partial charge in [0.15, 0.2) is 11.5 Å². The Morgan fingerprint density at radius 3 is 2.12 bits per heavy atom. The Balaban J connectivity index is 3.01. The third kappa shape index (κ3) is 2.46. The first-order valence-electron chi connectivity index (χ1n) is 6.69. The van der Waals surface area contributed by atoms with Gasteiger partial charge in [0.2, 0.25) is 5.75 Å². The number of hydrogen-bond acceptors (Lipinski definition) is 7. The maximum absolute atomic E-state index is 12.0. The minimum absolute atomic E-state index is 0.0309. The quantitative estimate of drug-likeness (QED) is 0.867. The van der Waals surface area contributed by atoms with E-state index in [2.05, 4.69) is 4.98 Å². The molecular formula is C16H14N4O4. The summed E-state index contributed by atoms with van der Waals surface area (Å²) in [7, 11) is 4.28. The number of H-pyrrole nitrogens is 1. The molecule has 0 aliphatic heterocycles. The lowest BCUT2D eigenvalue weighted by molar-refractivity contribution is 0.325. The number of ether oxygens (including phenoxy) is 3. The number of hydrogen-bond donors (Lipinski definition) is 2. The van der Waals surface area contributed by atoms with Gasteiger partial charge in [-0.15, -0.1) is 0 Å². The first kappa shape index (κ1) is 16.7. The summed E-state index contributed by atoms with van der Waals surface area (Å²) in [6.07, 6.45) is 0. The van der Waals surface area contributed by atoms with E-state index in [0.717, 1.165) is 0 Å². The highest BCUT2D eigenvalue weighted by Crippen LogP contribution is 2.45. The lowest BCUT2D eigenvalue weighted by Gasteiger charge is -2.17. The molecule has 0 bridgehead atoms. The second kappa shape index (κ2) is 6.63. The molecule has 2 rings (SSSR count). The predicted octanol–water partition coefficient (Wildman–Crippen LogP) is 1.39. The molecule has 0 unspecified atom stereocenters. The molecule has 0 amide bonds. The van der Waals surface area contributed by atoms with E-state index in [1.165, 1.54) is 21.3 Å². The molecule has 24 heavy (non-hydrogen) atoms. The molecule has 0 saturated heterocycles. The van der Waals surface area contributed by atoms with E-state index < -0.39 is 5.56 Å². The second-order valence-electron chi connectivity index (χ2n) is 4.60. The van der Waals surface area contributed by atoms with Crippen LogP contribution in [-0.2, 0) is 0 Å². The van der Waals surface area contributed by atoms with E-state index in [0.29, 0.717) is 11.3 Å². The fraction of sp³-hybridized carbons (Fsp3) is 0.188. The van der Waals surface area contributed by atoms with Crippen LogP contribution >= 0.6 is 0 Å². The Morgan fingerprint density at radius 2 is 1.62 bits per heavy atom. The number of nitriles is 2. The largest absolute Gasteiger partial charge is 0.493 e. The van der Waals surface area contributed by atoms with Crippen LogP contribution in [0.25, 0.3) is 11.1 Å². The highest BCUT2D eigenvalue weighted by Gasteiger charge is 2.24. The molecule has 0 fully saturated rings. The monoisotopic (exact) mass is 326 g/mol. The van der Waals surface area contributed by atoms with Crippen molar-refractivity contribution in [2.24, 2.45) is 0 Å². The molecule has 8 nitrogen and oxygen atoms in total. The number of nitrogens with two attached hydrogens (primary N) is 1. The number of benzene rings is 1. The van der Waals surface area contributed by atoms with E-state index in [1.54, 1.807) is 18.2 Å². The number of pyridine rings is 1. The highest BCUT2D eigenvalue weighted by molar-refractivity contribution is 5.86. The maximum atomic E-state index is 12.0. The average Bonchev–Trinajstić information content (AvgIpc) is 2.59. The van der Waals surface area contributed by atoms with Crippen LogP contribution in [0.4, 0.5) is 5.82 Å². The molecule has 0 atom stereocenters. The van der Waals surface area contributed by atoms with E-state index >= 15 is 0 Å². The smallest absolute Gasteiger partial charge is 0.268 e. The Kier molecular flexibility index (Phi) is 4.62. The molecule has 122 valence electrons. The SMILES string of the molecule is COc1ccc(-c2c(C#N)c(N)[nH]c(=O)c2C#N)c(OC)c1OC. The van der Waals surface area contributed by atoms with Gasteiger partial charge in [0.1, 0.15) is 29.1 Å². The lowest BCUT2D eigenvalue weighted by Crippen LogP contribution is -2.16. The van der Waals surface area contributed by atoms with Gasteiger partial charge in [0.25, 0.3) is 5.56 Å². The molecule has 0 aliphatic rings. The van der Waals surface area contributed by atoms with Gasteiger partial charge in [0, 0.05) is 11.1 Å². The van der Waals surface area contributed by atoms with Crippen molar-refractivity contribution in [3.05, 3.63) is 33.6 Å². The summed E-state index contributed by atoms with van der Waals surface area (Å²) < 4.78 is 15.9. The molecule has 0 radical (unpaired) electrons. The Hall–Kier alpha value is -3.65. The minimum atomic E-state index is -0.694. The van der Waals surface area contributed by atoms with Crippen molar-refractivity contribution in [3.8, 4) is 40.5 Å². The van der Waals surface area contributed by atoms with Gasteiger partial charge >= 0.3 is 0 Å². The van der Waals surface area contributed by atoms with Crippen molar-refractivity contribution in [2.45, 2.75) is 0 Å². The molecule has 1 aromatic heterocycles. The zero-order valence-corrected chi connectivity index (χ0v) is 13.3. The van der Waals surface area contributed by atoms with E-state index in [-0.39, 0.29) is 34.0 Å². The number of aromatic amines is 1. The minimum Gasteiger partial charge on any atom is -0.493 e. The van der Waals surface area contributed by atoms with E-state index in [9.17, 15) is 15.3 Å². The van der Waals surface area contributed by atoms with E-state index in [1.807, 2.05) is 6.07 Å². The van der Waals surface area contributed by atoms with Crippen molar-refractivity contribution in [1.82, 2.24) is 4.98 Å². The van der Waals surface area contributed by atoms with Gasteiger partial charge in [0.05, 0.1) is 21.3 Å². The second-order valence-corrected chi connectivity index (χ2v) is 4.60. The van der Waals surface area contributed by atoms with Crippen LogP contribution in [-0.4, -0.2) is 26.3 Å². The van der Waals surface area contributed by atoms with Gasteiger partial charge in [-0.3, -0.25) is 4.79 Å². The zero-order valence-electron chi connectivity index (χ0n) is 13.3. The number of anilines is 1. The highest BCUT2D eigenvalue weighted by atomic mass is 16.5. The Morgan fingerprint density at radius 1 is 1.00 bits per heavy atom. The maximum Gasteiger partial charge on any atom is 0.268 e. The normalized spacial score (nSPS) is 9.71. The number of aromatic nitrogens is 1. The number of nitrogens with zero attached hydrogens (tertiary/aromatic N) is 2. The van der Waals surface area contributed by atoms with Crippen molar-refractivity contribution < 1.29 is 14.2 Å². The molecule has 8 heteroatoms. The lowest BCUT2D eigenvalue weighted by atomic mass is 9.95. The van der Waals surface area contributed by atoms with Crippen molar-refractivity contribution in [1.29, 1.82) is 10.5 Å². The fourth-order valence-corrected chi connectivity index (χ4v) is 2.41. The van der Waals surface area contributed by atoms with Crippen LogP contribution in [0.1, 0.15) is 11.1 Å². The van der Waals surface area contributed by atoms with Crippen molar-refractivity contribution in [2.75, 3.05) is 27.1 Å². The molecule has 1 heterocycles. The molecule has 0 spiro atoms. The van der Waals surface area contributed by atoms with Gasteiger partial charge in [-0.25, -0.2) is 0 Å². The fourth-order valence-electron chi connectivity index (χ4n) is 2.41. The molecule has 1 aromatic carbocycles. The summed E-state index contributed by atoms with van der Waals surface area (Å²) in [6.45, 7) is 0. The number of nitrogen functional groups attached to an aromatic ring is 1. The van der Waals surface area contributed by atoms with Gasteiger partial charge in [-0.1, -0.05) is 0 Å². The molecule has 3 N–H and O–H groups in total. The molecular weight excluding hydrogens is 312 g/mol. The van der Waals surface area contributed by atoms with Gasteiger partial charge < -0.3 is 24.9 Å². The third-order valence-corrected chi connectivity index (χ3v) is 3.44. The Labute approximate surface area is 137 Å². The topological polar surface area (TPSA) is 134 Å². The van der Waals surface area contributed by atoms with Gasteiger partial charge in [-0.2, -0.15) is 10.5 Å².